The molecule has 2 aromatic carbocycles. The highest BCUT2D eigenvalue weighted by molar-refractivity contribution is 6.01. The van der Waals surface area contributed by atoms with Crippen molar-refractivity contribution in [1.29, 1.82) is 0 Å². The number of aryl methyl sites for hydroxylation is 1. The number of hydrogen-bond donors (Lipinski definition) is 2. The zero-order valence-electron chi connectivity index (χ0n) is 12.7. The van der Waals surface area contributed by atoms with Crippen molar-refractivity contribution in [2.75, 3.05) is 5.73 Å². The van der Waals surface area contributed by atoms with Crippen LogP contribution in [0.5, 0.6) is 0 Å². The molecule has 0 fully saturated rings. The number of nitrogen functional groups attached to an aromatic ring is 1. The summed E-state index contributed by atoms with van der Waals surface area (Å²) in [6, 6.07) is 11.4. The first-order valence-corrected chi connectivity index (χ1v) is 6.84. The quantitative estimate of drug-likeness (QED) is 0.391. The lowest BCUT2D eigenvalue weighted by Crippen LogP contribution is -2.19. The lowest BCUT2D eigenvalue weighted by Gasteiger charge is -2.05. The van der Waals surface area contributed by atoms with E-state index >= 15 is 0 Å². The Hall–Kier alpha value is -3.22. The number of nitro benzene ring substituents is 1. The molecule has 0 saturated heterocycles. The summed E-state index contributed by atoms with van der Waals surface area (Å²) in [5.41, 5.74) is 10.6. The molecule has 2 aromatic rings. The predicted molar refractivity (Wildman–Crippen MR) is 88.4 cm³/mol. The van der Waals surface area contributed by atoms with E-state index < -0.39 is 10.8 Å². The van der Waals surface area contributed by atoms with E-state index in [9.17, 15) is 14.9 Å². The molecule has 0 heterocycles. The number of carbonyl (C=O) groups is 1. The Morgan fingerprint density at radius 1 is 1.22 bits per heavy atom. The van der Waals surface area contributed by atoms with E-state index in [2.05, 4.69) is 10.5 Å². The first kappa shape index (κ1) is 16.2. The minimum atomic E-state index is -0.520. The van der Waals surface area contributed by atoms with Gasteiger partial charge in [-0.05, 0) is 37.6 Å². The Morgan fingerprint density at radius 3 is 2.61 bits per heavy atom. The van der Waals surface area contributed by atoms with Crippen LogP contribution in [-0.4, -0.2) is 16.5 Å². The fourth-order valence-corrected chi connectivity index (χ4v) is 1.97. The summed E-state index contributed by atoms with van der Waals surface area (Å²) in [4.78, 5) is 22.5. The van der Waals surface area contributed by atoms with Crippen LogP contribution in [0, 0.1) is 17.0 Å². The molecule has 0 radical (unpaired) electrons. The lowest BCUT2D eigenvalue weighted by molar-refractivity contribution is -0.385. The van der Waals surface area contributed by atoms with Gasteiger partial charge in [0.1, 0.15) is 0 Å². The number of nitrogens with two attached hydrogens (primary N) is 1. The highest BCUT2D eigenvalue weighted by atomic mass is 16.6. The smallest absolute Gasteiger partial charge is 0.273 e. The van der Waals surface area contributed by atoms with Crippen molar-refractivity contribution in [3.05, 3.63) is 69.3 Å². The molecule has 23 heavy (non-hydrogen) atoms. The van der Waals surface area contributed by atoms with E-state index in [0.717, 1.165) is 5.56 Å². The van der Waals surface area contributed by atoms with Gasteiger partial charge in [-0.1, -0.05) is 18.2 Å². The number of hydrazone groups is 1. The average Bonchev–Trinajstić information content (AvgIpc) is 2.52. The number of hydrogen-bond acceptors (Lipinski definition) is 5. The van der Waals surface area contributed by atoms with Gasteiger partial charge in [0.25, 0.3) is 11.6 Å². The largest absolute Gasteiger partial charge is 0.399 e. The van der Waals surface area contributed by atoms with E-state index in [4.69, 9.17) is 5.73 Å². The maximum atomic E-state index is 12.1. The van der Waals surface area contributed by atoms with Crippen LogP contribution >= 0.6 is 0 Å². The molecule has 0 bridgehead atoms. The van der Waals surface area contributed by atoms with Crippen LogP contribution in [0.3, 0.4) is 0 Å². The molecular weight excluding hydrogens is 296 g/mol. The predicted octanol–water partition coefficient (Wildman–Crippen LogP) is 2.64. The first-order chi connectivity index (χ1) is 10.9. The van der Waals surface area contributed by atoms with E-state index in [-0.39, 0.29) is 11.3 Å². The summed E-state index contributed by atoms with van der Waals surface area (Å²) in [7, 11) is 0. The van der Waals surface area contributed by atoms with Crippen molar-refractivity contribution < 1.29 is 9.72 Å². The second-order valence-corrected chi connectivity index (χ2v) is 5.02. The standard InChI is InChI=1S/C16H16N4O3/c1-10-6-7-13(9-15(10)20(22)23)16(21)19-18-11(2)12-4-3-5-14(17)8-12/h3-9H,17H2,1-2H3,(H,19,21). The van der Waals surface area contributed by atoms with Gasteiger partial charge in [-0.25, -0.2) is 5.43 Å². The van der Waals surface area contributed by atoms with Gasteiger partial charge in [-0.2, -0.15) is 5.10 Å². The van der Waals surface area contributed by atoms with Crippen LogP contribution in [0.25, 0.3) is 0 Å². The molecular formula is C16H16N4O3. The number of nitro groups is 1. The topological polar surface area (TPSA) is 111 Å². The number of amides is 1. The summed E-state index contributed by atoms with van der Waals surface area (Å²) < 4.78 is 0. The van der Waals surface area contributed by atoms with Crippen molar-refractivity contribution in [3.8, 4) is 0 Å². The molecule has 7 nitrogen and oxygen atoms in total. The van der Waals surface area contributed by atoms with Crippen LogP contribution < -0.4 is 11.2 Å². The molecule has 2 rings (SSSR count). The zero-order valence-corrected chi connectivity index (χ0v) is 12.7. The molecule has 0 unspecified atom stereocenters. The Morgan fingerprint density at radius 2 is 1.96 bits per heavy atom. The molecule has 0 aromatic heterocycles. The average molecular weight is 312 g/mol. The second-order valence-electron chi connectivity index (χ2n) is 5.02. The van der Waals surface area contributed by atoms with Crippen LogP contribution in [0.15, 0.2) is 47.6 Å². The Labute approximate surface area is 133 Å². The Bertz CT molecular complexity index is 800. The third kappa shape index (κ3) is 3.91. The molecule has 7 heteroatoms. The third-order valence-corrected chi connectivity index (χ3v) is 3.30. The maximum absolute atomic E-state index is 12.1. The number of carbonyl (C=O) groups excluding carboxylic acids is 1. The molecule has 0 aliphatic carbocycles. The van der Waals surface area contributed by atoms with Crippen LogP contribution in [-0.2, 0) is 0 Å². The highest BCUT2D eigenvalue weighted by Gasteiger charge is 2.14. The summed E-state index contributed by atoms with van der Waals surface area (Å²) in [6.45, 7) is 3.34. The molecule has 118 valence electrons. The molecule has 0 saturated carbocycles. The molecule has 0 spiro atoms. The van der Waals surface area contributed by atoms with Gasteiger partial charge >= 0.3 is 0 Å². The number of benzene rings is 2. The Kier molecular flexibility index (Phi) is 4.70. The van der Waals surface area contributed by atoms with E-state index in [0.29, 0.717) is 17.0 Å². The minimum Gasteiger partial charge on any atom is -0.399 e. The van der Waals surface area contributed by atoms with Crippen molar-refractivity contribution in [1.82, 2.24) is 5.43 Å². The van der Waals surface area contributed by atoms with Gasteiger partial charge in [0.2, 0.25) is 0 Å². The fourth-order valence-electron chi connectivity index (χ4n) is 1.97. The highest BCUT2D eigenvalue weighted by Crippen LogP contribution is 2.19. The van der Waals surface area contributed by atoms with Gasteiger partial charge in [-0.3, -0.25) is 14.9 Å². The third-order valence-electron chi connectivity index (χ3n) is 3.30. The monoisotopic (exact) mass is 312 g/mol. The van der Waals surface area contributed by atoms with Gasteiger partial charge in [0.05, 0.1) is 10.6 Å². The summed E-state index contributed by atoms with van der Waals surface area (Å²) in [6.07, 6.45) is 0. The van der Waals surface area contributed by atoms with Crippen LogP contribution in [0.4, 0.5) is 11.4 Å². The fraction of sp³-hybridized carbons (Fsp3) is 0.125. The second kappa shape index (κ2) is 6.69. The van der Waals surface area contributed by atoms with Crippen molar-refractivity contribution in [2.45, 2.75) is 13.8 Å². The summed E-state index contributed by atoms with van der Waals surface area (Å²) in [5, 5.41) is 14.9. The molecule has 1 amide bonds. The Balaban J connectivity index is 2.18. The van der Waals surface area contributed by atoms with Gasteiger partial charge < -0.3 is 5.73 Å². The SMILES string of the molecule is CC(=NNC(=O)c1ccc(C)c([N+](=O)[O-])c1)c1cccc(N)c1. The molecule has 3 N–H and O–H groups in total. The van der Waals surface area contributed by atoms with E-state index in [1.165, 1.54) is 18.2 Å². The summed E-state index contributed by atoms with van der Waals surface area (Å²) in [5.74, 6) is -0.517. The summed E-state index contributed by atoms with van der Waals surface area (Å²) >= 11 is 0. The van der Waals surface area contributed by atoms with E-state index in [1.54, 1.807) is 32.0 Å². The normalized spacial score (nSPS) is 11.1. The van der Waals surface area contributed by atoms with Gasteiger partial charge in [-0.15, -0.1) is 0 Å². The van der Waals surface area contributed by atoms with Gasteiger partial charge in [0, 0.05) is 22.9 Å². The van der Waals surface area contributed by atoms with Crippen LogP contribution in [0.1, 0.15) is 28.4 Å². The molecule has 0 atom stereocenters. The van der Waals surface area contributed by atoms with Crippen molar-refractivity contribution in [2.24, 2.45) is 5.10 Å². The number of nitrogens with one attached hydrogen (secondary N) is 1. The number of anilines is 1. The van der Waals surface area contributed by atoms with Crippen LogP contribution in [0.2, 0.25) is 0 Å². The van der Waals surface area contributed by atoms with E-state index in [1.807, 2.05) is 6.07 Å². The molecule has 0 aliphatic heterocycles. The number of nitrogens with zero attached hydrogens (tertiary/aromatic N) is 2. The minimum absolute atomic E-state index is 0.103. The first-order valence-electron chi connectivity index (χ1n) is 6.84. The zero-order chi connectivity index (χ0) is 17.0. The van der Waals surface area contributed by atoms with Gasteiger partial charge in [0.15, 0.2) is 0 Å². The maximum Gasteiger partial charge on any atom is 0.273 e. The number of rotatable bonds is 4. The van der Waals surface area contributed by atoms with Crippen molar-refractivity contribution >= 4 is 23.0 Å². The lowest BCUT2D eigenvalue weighted by atomic mass is 10.1. The molecule has 0 aliphatic rings. The van der Waals surface area contributed by atoms with Crippen molar-refractivity contribution in [3.63, 3.8) is 0 Å².